The number of aryl methyl sites for hydroxylation is 3. The second-order valence-corrected chi connectivity index (χ2v) is 31.7. The van der Waals surface area contributed by atoms with Crippen molar-refractivity contribution in [2.75, 3.05) is 36.4 Å². The SMILES string of the molecule is Cc1ccc2c(c1N1c3ccccc3N(C(C)C)[C@@H]1C)-c1ccccc1-c1ccccc1-c1ccccc1-2.Cc1ccc2c(c1N1c3ccccc3N(C)[C@@H]1C)-c1ccccc1-c1ccccc1-c1ccccc1-2.Cc1ccc2c(c1N1c3ccccc3N(c3ccccc3)[C@@H]1C)-c1ccccc1-c1ccccc1-c1ccccc1-2. The summed E-state index contributed by atoms with van der Waals surface area (Å²) in [5.74, 6) is 0. The summed E-state index contributed by atoms with van der Waals surface area (Å²) in [6.45, 7) is 18.3. The summed E-state index contributed by atoms with van der Waals surface area (Å²) in [6.07, 6.45) is 0.477. The second-order valence-electron chi connectivity index (χ2n) is 31.7. The van der Waals surface area contributed by atoms with Crippen LogP contribution in [0.15, 0.2) is 358 Å². The summed E-state index contributed by atoms with van der Waals surface area (Å²) in [4.78, 5) is 15.1. The van der Waals surface area contributed by atoms with Crippen molar-refractivity contribution in [3.63, 3.8) is 0 Å². The van der Waals surface area contributed by atoms with Gasteiger partial charge in [-0.15, -0.1) is 0 Å². The molecule has 6 heteroatoms. The van der Waals surface area contributed by atoms with Gasteiger partial charge >= 0.3 is 0 Å². The molecule has 16 aromatic rings. The summed E-state index contributed by atoms with van der Waals surface area (Å²) in [7, 11) is 2.20. The van der Waals surface area contributed by atoms with Gasteiger partial charge in [0.2, 0.25) is 0 Å². The number of fused-ring (bicyclic) bond motifs is 27. The summed E-state index contributed by atoms with van der Waals surface area (Å²) >= 11 is 0. The summed E-state index contributed by atoms with van der Waals surface area (Å²) in [6, 6.07) is 132. The third-order valence-electron chi connectivity index (χ3n) is 25.0. The predicted octanol–water partition coefficient (Wildman–Crippen LogP) is 29.2. The normalized spacial score (nSPS) is 15.1. The van der Waals surface area contributed by atoms with E-state index in [2.05, 4.69) is 450 Å². The molecule has 0 saturated carbocycles. The summed E-state index contributed by atoms with van der Waals surface area (Å²) in [5, 5.41) is 0. The molecule has 6 aliphatic rings. The van der Waals surface area contributed by atoms with Gasteiger partial charge in [0.05, 0.1) is 51.2 Å². The minimum Gasteiger partial charge on any atom is -0.353 e. The van der Waals surface area contributed by atoms with E-state index in [-0.39, 0.29) is 18.5 Å². The Labute approximate surface area is 677 Å². The van der Waals surface area contributed by atoms with Crippen LogP contribution in [-0.4, -0.2) is 31.6 Å². The van der Waals surface area contributed by atoms with Gasteiger partial charge in [-0.05, 0) is 237 Å². The van der Waals surface area contributed by atoms with Gasteiger partial charge < -0.3 is 29.4 Å². The highest BCUT2D eigenvalue weighted by Gasteiger charge is 2.42. The molecule has 0 spiro atoms. The van der Waals surface area contributed by atoms with Crippen molar-refractivity contribution < 1.29 is 0 Å². The zero-order valence-electron chi connectivity index (χ0n) is 66.6. The van der Waals surface area contributed by atoms with Crippen molar-refractivity contribution in [3.05, 3.63) is 375 Å². The van der Waals surface area contributed by atoms with Crippen LogP contribution >= 0.6 is 0 Å². The van der Waals surface area contributed by atoms with Crippen LogP contribution in [0.2, 0.25) is 0 Å². The first kappa shape index (κ1) is 70.4. The Morgan fingerprint density at radius 3 is 0.730 bits per heavy atom. The van der Waals surface area contributed by atoms with Crippen molar-refractivity contribution in [1.82, 2.24) is 0 Å². The van der Waals surface area contributed by atoms with Gasteiger partial charge in [0, 0.05) is 35.5 Å². The van der Waals surface area contributed by atoms with E-state index in [1.54, 1.807) is 0 Å². The van der Waals surface area contributed by atoms with Gasteiger partial charge in [-0.3, -0.25) is 0 Å². The third-order valence-corrected chi connectivity index (χ3v) is 25.0. The molecule has 0 fully saturated rings. The van der Waals surface area contributed by atoms with Crippen LogP contribution in [-0.2, 0) is 0 Å². The number of benzene rings is 16. The van der Waals surface area contributed by atoms with Crippen LogP contribution in [0.3, 0.4) is 0 Å². The minimum absolute atomic E-state index is 0.0835. The molecule has 3 heterocycles. The molecule has 0 amide bonds. The standard InChI is InChI=1S/C39H30N2.C36H32N2.C34H28N2/c1-26-24-25-35-33-20-9-8-18-31(33)29-16-6-7-17-30(29)32-19-10-11-21-34(32)38(35)39(26)41-27(2)40(28-14-4-3-5-15-28)36-22-12-13-23-37(36)41;1-23(2)37-25(4)38(34-20-12-11-19-33(34)37)36-24(3)21-22-32-30-17-8-7-15-28(30)26-13-5-6-14-27(26)29-16-9-10-18-31(29)35(32)36;1-22-20-21-30-28-16-7-6-14-26(28)24-12-4-5-13-25(24)27-15-8-9-17-29(27)33(30)34(22)36-23(2)35(3)31-18-10-11-19-32(31)36/h3-25,27H,1-2H3;5-23,25H,1-4H3;4-21,23H,1-3H3/t27-;25-;23-/m000/s1. The number of para-hydroxylation sites is 7. The number of hydrogen-bond donors (Lipinski definition) is 0. The predicted molar refractivity (Wildman–Crippen MR) is 488 cm³/mol. The molecule has 556 valence electrons. The molecular weight excluding hydrogens is 1390 g/mol. The van der Waals surface area contributed by atoms with Crippen molar-refractivity contribution in [2.24, 2.45) is 0 Å². The molecule has 3 aliphatic heterocycles. The molecule has 0 unspecified atom stereocenters. The van der Waals surface area contributed by atoms with Gasteiger partial charge in [0.25, 0.3) is 0 Å². The quantitative estimate of drug-likeness (QED) is 0.170. The number of hydrogen-bond acceptors (Lipinski definition) is 6. The molecule has 6 nitrogen and oxygen atoms in total. The third kappa shape index (κ3) is 11.3. The van der Waals surface area contributed by atoms with E-state index in [0.29, 0.717) is 6.04 Å². The molecule has 0 bridgehead atoms. The summed E-state index contributed by atoms with van der Waals surface area (Å²) < 4.78 is 0. The molecule has 3 atom stereocenters. The van der Waals surface area contributed by atoms with Crippen LogP contribution in [0, 0.1) is 20.8 Å². The molecular formula is C109H90N6. The Morgan fingerprint density at radius 2 is 0.417 bits per heavy atom. The van der Waals surface area contributed by atoms with Crippen molar-refractivity contribution in [1.29, 1.82) is 0 Å². The van der Waals surface area contributed by atoms with Crippen LogP contribution in [0.5, 0.6) is 0 Å². The lowest BCUT2D eigenvalue weighted by molar-refractivity contribution is 0.606. The highest BCUT2D eigenvalue weighted by atomic mass is 15.4. The van der Waals surface area contributed by atoms with Crippen molar-refractivity contribution >= 4 is 56.9 Å². The fourth-order valence-corrected chi connectivity index (χ4v) is 20.0. The second kappa shape index (κ2) is 28.5. The Hall–Kier alpha value is -13.7. The fourth-order valence-electron chi connectivity index (χ4n) is 20.0. The van der Waals surface area contributed by atoms with Crippen LogP contribution in [0.4, 0.5) is 56.9 Å². The maximum absolute atomic E-state index is 2.58. The molecule has 22 rings (SSSR count). The Balaban J connectivity index is 0.000000112. The van der Waals surface area contributed by atoms with Crippen LogP contribution in [0.25, 0.3) is 134 Å². The molecule has 0 N–H and O–H groups in total. The summed E-state index contributed by atoms with van der Waals surface area (Å²) in [5.41, 5.74) is 47.3. The number of anilines is 10. The molecule has 115 heavy (non-hydrogen) atoms. The lowest BCUT2D eigenvalue weighted by Crippen LogP contribution is -2.42. The highest BCUT2D eigenvalue weighted by molar-refractivity contribution is 6.12. The maximum Gasteiger partial charge on any atom is 0.108 e. The largest absolute Gasteiger partial charge is 0.353 e. The van der Waals surface area contributed by atoms with Gasteiger partial charge in [-0.1, -0.05) is 309 Å². The molecule has 0 saturated heterocycles. The van der Waals surface area contributed by atoms with E-state index in [9.17, 15) is 0 Å². The molecule has 0 radical (unpaired) electrons. The zero-order chi connectivity index (χ0) is 77.9. The van der Waals surface area contributed by atoms with Gasteiger partial charge in [0.1, 0.15) is 18.5 Å². The van der Waals surface area contributed by atoms with E-state index in [4.69, 9.17) is 0 Å². The first-order valence-electron chi connectivity index (χ1n) is 40.7. The molecule has 0 aromatic heterocycles. The fraction of sp³-hybridized carbons (Fsp3) is 0.119. The lowest BCUT2D eigenvalue weighted by atomic mass is 9.79. The average molecular weight is 1480 g/mol. The Bertz CT molecular complexity index is 6510. The first-order valence-corrected chi connectivity index (χ1v) is 40.7. The Kier molecular flexibility index (Phi) is 17.5. The zero-order valence-corrected chi connectivity index (χ0v) is 66.6. The van der Waals surface area contributed by atoms with Crippen LogP contribution < -0.4 is 29.4 Å². The van der Waals surface area contributed by atoms with Crippen molar-refractivity contribution in [3.8, 4) is 134 Å². The van der Waals surface area contributed by atoms with Crippen molar-refractivity contribution in [2.45, 2.75) is 79.9 Å². The van der Waals surface area contributed by atoms with Gasteiger partial charge in [-0.2, -0.15) is 0 Å². The van der Waals surface area contributed by atoms with Gasteiger partial charge in [-0.25, -0.2) is 0 Å². The minimum atomic E-state index is 0.0835. The smallest absolute Gasteiger partial charge is 0.108 e. The monoisotopic (exact) mass is 1480 g/mol. The van der Waals surface area contributed by atoms with E-state index < -0.39 is 0 Å². The first-order chi connectivity index (χ1) is 56.4. The van der Waals surface area contributed by atoms with E-state index in [0.717, 1.165) is 0 Å². The van der Waals surface area contributed by atoms with E-state index >= 15 is 0 Å². The molecule has 16 aromatic carbocycles. The maximum atomic E-state index is 2.58. The lowest BCUT2D eigenvalue weighted by Gasteiger charge is -2.36. The van der Waals surface area contributed by atoms with Gasteiger partial charge in [0.15, 0.2) is 0 Å². The van der Waals surface area contributed by atoms with Crippen LogP contribution in [0.1, 0.15) is 51.3 Å². The average Bonchev–Trinajstić information content (AvgIpc) is 1.69. The van der Waals surface area contributed by atoms with E-state index in [1.807, 2.05) is 0 Å². The Morgan fingerprint density at radius 1 is 0.200 bits per heavy atom. The topological polar surface area (TPSA) is 19.4 Å². The number of rotatable bonds is 5. The molecule has 3 aliphatic carbocycles. The number of nitrogens with zero attached hydrogens (tertiary/aromatic N) is 6. The highest BCUT2D eigenvalue weighted by Crippen LogP contribution is 2.60. The van der Waals surface area contributed by atoms with E-state index in [1.165, 1.54) is 207 Å².